The zero-order valence-corrected chi connectivity index (χ0v) is 13.5. The minimum Gasteiger partial charge on any atom is -0.349 e. The highest BCUT2D eigenvalue weighted by Crippen LogP contribution is 2.27. The first-order valence-electron chi connectivity index (χ1n) is 8.95. The fourth-order valence-electron chi connectivity index (χ4n) is 4.74. The van der Waals surface area contributed by atoms with Crippen LogP contribution < -0.4 is 10.2 Å². The lowest BCUT2D eigenvalue weighted by Crippen LogP contribution is -3.22. The minimum absolute atomic E-state index is 0.109. The summed E-state index contributed by atoms with van der Waals surface area (Å²) in [5, 5.41) is 3.31. The molecule has 0 unspecified atom stereocenters. The molecule has 2 N–H and O–H groups in total. The molecule has 0 aromatic heterocycles. The molecule has 1 aromatic carbocycles. The second kappa shape index (κ2) is 5.69. The van der Waals surface area contributed by atoms with Gasteiger partial charge in [-0.1, -0.05) is 17.7 Å². The van der Waals surface area contributed by atoms with E-state index in [2.05, 4.69) is 12.2 Å². The topological polar surface area (TPSA) is 33.5 Å². The van der Waals surface area contributed by atoms with Crippen LogP contribution in [0.2, 0.25) is 0 Å². The van der Waals surface area contributed by atoms with Gasteiger partial charge in [0.15, 0.2) is 0 Å². The molecule has 1 aromatic rings. The Balaban J connectivity index is 1.41. The first kappa shape index (κ1) is 14.3. The van der Waals surface area contributed by atoms with Crippen LogP contribution in [0.5, 0.6) is 0 Å². The van der Waals surface area contributed by atoms with E-state index in [0.29, 0.717) is 6.04 Å². The summed E-state index contributed by atoms with van der Waals surface area (Å²) >= 11 is 0. The first-order valence-corrected chi connectivity index (χ1v) is 8.95. The summed E-state index contributed by atoms with van der Waals surface area (Å²) < 4.78 is 0. The molecule has 22 heavy (non-hydrogen) atoms. The van der Waals surface area contributed by atoms with Gasteiger partial charge in [-0.3, -0.25) is 4.79 Å². The van der Waals surface area contributed by atoms with Gasteiger partial charge in [0.1, 0.15) is 0 Å². The van der Waals surface area contributed by atoms with Crippen molar-refractivity contribution in [3.63, 3.8) is 0 Å². The van der Waals surface area contributed by atoms with Crippen LogP contribution in [0.25, 0.3) is 0 Å². The van der Waals surface area contributed by atoms with Crippen LogP contribution >= 0.6 is 0 Å². The van der Waals surface area contributed by atoms with E-state index >= 15 is 0 Å². The molecular weight excluding hydrogens is 272 g/mol. The highest BCUT2D eigenvalue weighted by atomic mass is 16.1. The number of hydrogen-bond acceptors (Lipinski definition) is 1. The monoisotopic (exact) mass is 299 g/mol. The fraction of sp³-hybridized carbons (Fsp3) is 0.632. The number of hydrogen-bond donors (Lipinski definition) is 2. The van der Waals surface area contributed by atoms with Crippen LogP contribution in [0.3, 0.4) is 0 Å². The zero-order chi connectivity index (χ0) is 15.1. The Bertz CT molecular complexity index is 535. The van der Waals surface area contributed by atoms with Crippen molar-refractivity contribution in [3.8, 4) is 0 Å². The van der Waals surface area contributed by atoms with Gasteiger partial charge in [0, 0.05) is 37.3 Å². The van der Waals surface area contributed by atoms with Gasteiger partial charge in [-0.15, -0.1) is 0 Å². The Morgan fingerprint density at radius 1 is 1.00 bits per heavy atom. The molecule has 2 saturated heterocycles. The third kappa shape index (κ3) is 2.79. The van der Waals surface area contributed by atoms with Gasteiger partial charge in [0.05, 0.1) is 18.1 Å². The van der Waals surface area contributed by atoms with E-state index in [1.165, 1.54) is 50.5 Å². The van der Waals surface area contributed by atoms with Crippen LogP contribution in [-0.4, -0.2) is 30.1 Å². The van der Waals surface area contributed by atoms with Crippen LogP contribution in [0.1, 0.15) is 60.9 Å². The lowest BCUT2D eigenvalue weighted by molar-refractivity contribution is -0.971. The quantitative estimate of drug-likeness (QED) is 0.877. The summed E-state index contributed by atoms with van der Waals surface area (Å²) in [6, 6.07) is 10.8. The molecule has 2 heterocycles. The van der Waals surface area contributed by atoms with E-state index in [1.807, 2.05) is 29.2 Å². The second-order valence-electron chi connectivity index (χ2n) is 7.61. The van der Waals surface area contributed by atoms with Crippen LogP contribution in [0.4, 0.5) is 0 Å². The average Bonchev–Trinajstić information content (AvgIpc) is 3.31. The number of carbonyl (C=O) groups is 1. The number of aryl methyl sites for hydroxylation is 1. The SMILES string of the molecule is Cc1ccc(C(=O)NC2C[C@H]3CCC[C@H](C2)[NH+]3C2CC2)cc1. The van der Waals surface area contributed by atoms with Crippen molar-refractivity contribution in [1.82, 2.24) is 5.32 Å². The van der Waals surface area contributed by atoms with E-state index in [1.54, 1.807) is 0 Å². The molecule has 0 spiro atoms. The van der Waals surface area contributed by atoms with Crippen LogP contribution in [0, 0.1) is 6.92 Å². The Hall–Kier alpha value is -1.35. The lowest BCUT2D eigenvalue weighted by atomic mass is 9.81. The summed E-state index contributed by atoms with van der Waals surface area (Å²) in [5.41, 5.74) is 2.00. The highest BCUT2D eigenvalue weighted by molar-refractivity contribution is 5.94. The summed E-state index contributed by atoms with van der Waals surface area (Å²) in [5.74, 6) is 0.109. The molecule has 2 bridgehead atoms. The molecule has 3 heteroatoms. The number of carbonyl (C=O) groups excluding carboxylic acids is 1. The average molecular weight is 299 g/mol. The molecule has 118 valence electrons. The molecule has 2 atom stereocenters. The van der Waals surface area contributed by atoms with Crippen molar-refractivity contribution in [2.24, 2.45) is 0 Å². The van der Waals surface area contributed by atoms with Gasteiger partial charge in [0.2, 0.25) is 0 Å². The smallest absolute Gasteiger partial charge is 0.251 e. The molecule has 3 fully saturated rings. The molecule has 1 amide bonds. The summed E-state index contributed by atoms with van der Waals surface area (Å²) in [6.45, 7) is 2.05. The molecule has 3 aliphatic rings. The maximum Gasteiger partial charge on any atom is 0.251 e. The molecule has 1 aliphatic carbocycles. The van der Waals surface area contributed by atoms with E-state index in [9.17, 15) is 4.79 Å². The van der Waals surface area contributed by atoms with E-state index in [4.69, 9.17) is 0 Å². The van der Waals surface area contributed by atoms with Gasteiger partial charge < -0.3 is 10.2 Å². The number of rotatable bonds is 3. The summed E-state index contributed by atoms with van der Waals surface area (Å²) in [7, 11) is 0. The number of piperidine rings is 2. The Labute approximate surface area is 133 Å². The van der Waals surface area contributed by atoms with E-state index in [0.717, 1.165) is 23.7 Å². The number of quaternary nitrogens is 1. The van der Waals surface area contributed by atoms with Gasteiger partial charge in [0.25, 0.3) is 5.91 Å². The molecular formula is C19H27N2O+. The molecule has 2 aliphatic heterocycles. The third-order valence-corrected chi connectivity index (χ3v) is 5.88. The van der Waals surface area contributed by atoms with Crippen molar-refractivity contribution in [3.05, 3.63) is 35.4 Å². The number of amides is 1. The number of fused-ring (bicyclic) bond motifs is 2. The van der Waals surface area contributed by atoms with Crippen LogP contribution in [-0.2, 0) is 0 Å². The normalized spacial score (nSPS) is 34.2. The van der Waals surface area contributed by atoms with Gasteiger partial charge in [-0.2, -0.15) is 0 Å². The Morgan fingerprint density at radius 3 is 2.23 bits per heavy atom. The predicted molar refractivity (Wildman–Crippen MR) is 87.1 cm³/mol. The van der Waals surface area contributed by atoms with Gasteiger partial charge in [-0.05, 0) is 38.3 Å². The van der Waals surface area contributed by atoms with Crippen molar-refractivity contribution in [2.45, 2.75) is 76.0 Å². The second-order valence-corrected chi connectivity index (χ2v) is 7.61. The Morgan fingerprint density at radius 2 is 1.64 bits per heavy atom. The summed E-state index contributed by atoms with van der Waals surface area (Å²) in [4.78, 5) is 14.3. The third-order valence-electron chi connectivity index (χ3n) is 5.88. The van der Waals surface area contributed by atoms with Gasteiger partial charge >= 0.3 is 0 Å². The molecule has 0 radical (unpaired) electrons. The minimum atomic E-state index is 0.109. The largest absolute Gasteiger partial charge is 0.349 e. The number of nitrogens with one attached hydrogen (secondary N) is 2. The van der Waals surface area contributed by atoms with Crippen molar-refractivity contribution in [2.75, 3.05) is 0 Å². The number of benzene rings is 1. The first-order chi connectivity index (χ1) is 10.7. The van der Waals surface area contributed by atoms with E-state index < -0.39 is 0 Å². The van der Waals surface area contributed by atoms with Gasteiger partial charge in [-0.25, -0.2) is 0 Å². The molecule has 3 nitrogen and oxygen atoms in total. The molecule has 4 rings (SSSR count). The van der Waals surface area contributed by atoms with Crippen molar-refractivity contribution in [1.29, 1.82) is 0 Å². The van der Waals surface area contributed by atoms with E-state index in [-0.39, 0.29) is 5.91 Å². The van der Waals surface area contributed by atoms with Crippen molar-refractivity contribution >= 4 is 5.91 Å². The molecule has 1 saturated carbocycles. The highest BCUT2D eigenvalue weighted by Gasteiger charge is 2.48. The standard InChI is InChI=1S/C19H26N2O/c1-13-5-7-14(8-6-13)19(22)20-15-11-17-3-2-4-18(12-15)21(17)16-9-10-16/h5-8,15-18H,2-4,9-12H2,1H3,(H,20,22)/p+1/t17-,18-/m1/s1. The maximum absolute atomic E-state index is 12.5. The summed E-state index contributed by atoms with van der Waals surface area (Å²) in [6.07, 6.45) is 9.34. The predicted octanol–water partition coefficient (Wildman–Crippen LogP) is 1.86. The lowest BCUT2D eigenvalue weighted by Gasteiger charge is -2.46. The fourth-order valence-corrected chi connectivity index (χ4v) is 4.74. The van der Waals surface area contributed by atoms with Crippen LogP contribution in [0.15, 0.2) is 24.3 Å². The zero-order valence-electron chi connectivity index (χ0n) is 13.5. The Kier molecular flexibility index (Phi) is 3.69. The maximum atomic E-state index is 12.5. The van der Waals surface area contributed by atoms with Crippen molar-refractivity contribution < 1.29 is 9.69 Å².